The highest BCUT2D eigenvalue weighted by Gasteiger charge is 2.04. The zero-order valence-electron chi connectivity index (χ0n) is 13.1. The van der Waals surface area contributed by atoms with Gasteiger partial charge < -0.3 is 10.2 Å². The molecule has 114 valence electrons. The highest BCUT2D eigenvalue weighted by molar-refractivity contribution is 5.90. The minimum absolute atomic E-state index is 0.0293. The van der Waals surface area contributed by atoms with Crippen molar-refractivity contribution >= 4 is 11.6 Å². The van der Waals surface area contributed by atoms with Crippen LogP contribution in [0.25, 0.3) is 0 Å². The standard InChI is InChI=1S/C17H25N3O/c1-3-4-5-12-20(2)13-6-7-17(21)19-16-10-8-15(14-18)9-11-16/h8-11H,3-7,12-13H2,1-2H3,(H,19,21). The Labute approximate surface area is 127 Å². The normalized spacial score (nSPS) is 10.4. The molecule has 1 amide bonds. The van der Waals surface area contributed by atoms with Crippen LogP contribution in [0.4, 0.5) is 5.69 Å². The maximum Gasteiger partial charge on any atom is 0.224 e. The molecule has 0 saturated carbocycles. The number of nitriles is 1. The number of benzene rings is 1. The van der Waals surface area contributed by atoms with Gasteiger partial charge >= 0.3 is 0 Å². The van der Waals surface area contributed by atoms with Crippen LogP contribution in [0.1, 0.15) is 44.6 Å². The first-order valence-electron chi connectivity index (χ1n) is 7.64. The number of hydrogen-bond acceptors (Lipinski definition) is 3. The molecule has 0 radical (unpaired) electrons. The fourth-order valence-corrected chi connectivity index (χ4v) is 2.10. The Balaban J connectivity index is 2.20. The molecule has 0 unspecified atom stereocenters. The summed E-state index contributed by atoms with van der Waals surface area (Å²) < 4.78 is 0. The number of nitrogens with one attached hydrogen (secondary N) is 1. The van der Waals surface area contributed by atoms with E-state index in [1.54, 1.807) is 24.3 Å². The SMILES string of the molecule is CCCCCN(C)CCCC(=O)Nc1ccc(C#N)cc1. The Hall–Kier alpha value is -1.86. The number of anilines is 1. The van der Waals surface area contributed by atoms with Gasteiger partial charge in [-0.05, 0) is 57.2 Å². The lowest BCUT2D eigenvalue weighted by Crippen LogP contribution is -2.22. The fraction of sp³-hybridized carbons (Fsp3) is 0.529. The fourth-order valence-electron chi connectivity index (χ4n) is 2.10. The molecule has 0 spiro atoms. The van der Waals surface area contributed by atoms with Crippen molar-refractivity contribution < 1.29 is 4.79 Å². The van der Waals surface area contributed by atoms with Crippen LogP contribution in [0.15, 0.2) is 24.3 Å². The lowest BCUT2D eigenvalue weighted by molar-refractivity contribution is -0.116. The molecule has 1 aromatic rings. The van der Waals surface area contributed by atoms with E-state index >= 15 is 0 Å². The molecular formula is C17H25N3O. The van der Waals surface area contributed by atoms with Crippen molar-refractivity contribution in [2.75, 3.05) is 25.5 Å². The average Bonchev–Trinajstić information content (AvgIpc) is 2.48. The quantitative estimate of drug-likeness (QED) is 0.708. The summed E-state index contributed by atoms with van der Waals surface area (Å²) in [6.07, 6.45) is 5.12. The highest BCUT2D eigenvalue weighted by atomic mass is 16.1. The van der Waals surface area contributed by atoms with E-state index in [1.807, 2.05) is 0 Å². The van der Waals surface area contributed by atoms with Gasteiger partial charge in [0.15, 0.2) is 0 Å². The predicted octanol–water partition coefficient (Wildman–Crippen LogP) is 3.40. The van der Waals surface area contributed by atoms with Gasteiger partial charge in [0.1, 0.15) is 0 Å². The van der Waals surface area contributed by atoms with E-state index in [9.17, 15) is 4.79 Å². The van der Waals surface area contributed by atoms with Crippen molar-refractivity contribution in [2.45, 2.75) is 39.0 Å². The molecule has 0 saturated heterocycles. The van der Waals surface area contributed by atoms with E-state index < -0.39 is 0 Å². The van der Waals surface area contributed by atoms with Gasteiger partial charge in [-0.1, -0.05) is 19.8 Å². The Bertz CT molecular complexity index is 462. The molecule has 1 rings (SSSR count). The van der Waals surface area contributed by atoms with Crippen molar-refractivity contribution in [3.8, 4) is 6.07 Å². The molecule has 4 nitrogen and oxygen atoms in total. The van der Waals surface area contributed by atoms with Crippen molar-refractivity contribution in [2.24, 2.45) is 0 Å². The van der Waals surface area contributed by atoms with Crippen LogP contribution in [0, 0.1) is 11.3 Å². The first-order valence-corrected chi connectivity index (χ1v) is 7.64. The predicted molar refractivity (Wildman–Crippen MR) is 86.0 cm³/mol. The molecule has 0 atom stereocenters. The van der Waals surface area contributed by atoms with Gasteiger partial charge in [0.25, 0.3) is 0 Å². The van der Waals surface area contributed by atoms with Crippen LogP contribution < -0.4 is 5.32 Å². The van der Waals surface area contributed by atoms with E-state index in [1.165, 1.54) is 19.3 Å². The van der Waals surface area contributed by atoms with E-state index in [0.717, 1.165) is 25.2 Å². The van der Waals surface area contributed by atoms with Crippen LogP contribution in [-0.4, -0.2) is 30.9 Å². The molecule has 1 N–H and O–H groups in total. The summed E-state index contributed by atoms with van der Waals surface area (Å²) in [5.41, 5.74) is 1.34. The molecule has 0 heterocycles. The summed E-state index contributed by atoms with van der Waals surface area (Å²) >= 11 is 0. The monoisotopic (exact) mass is 287 g/mol. The Morgan fingerprint density at radius 1 is 1.19 bits per heavy atom. The number of carbonyl (C=O) groups excluding carboxylic acids is 1. The van der Waals surface area contributed by atoms with Crippen LogP contribution in [-0.2, 0) is 4.79 Å². The molecule has 0 aliphatic heterocycles. The lowest BCUT2D eigenvalue weighted by atomic mass is 10.2. The molecule has 0 fully saturated rings. The van der Waals surface area contributed by atoms with Crippen LogP contribution in [0.5, 0.6) is 0 Å². The topological polar surface area (TPSA) is 56.1 Å². The van der Waals surface area contributed by atoms with Crippen LogP contribution in [0.3, 0.4) is 0 Å². The van der Waals surface area contributed by atoms with Crippen molar-refractivity contribution in [1.82, 2.24) is 4.90 Å². The molecular weight excluding hydrogens is 262 g/mol. The maximum absolute atomic E-state index is 11.8. The first kappa shape index (κ1) is 17.2. The van der Waals surface area contributed by atoms with Gasteiger partial charge in [-0.3, -0.25) is 4.79 Å². The van der Waals surface area contributed by atoms with Crippen LogP contribution in [0.2, 0.25) is 0 Å². The molecule has 4 heteroatoms. The third-order valence-electron chi connectivity index (χ3n) is 3.38. The minimum Gasteiger partial charge on any atom is -0.326 e. The summed E-state index contributed by atoms with van der Waals surface area (Å²) in [4.78, 5) is 14.1. The van der Waals surface area contributed by atoms with E-state index in [0.29, 0.717) is 12.0 Å². The number of unbranched alkanes of at least 4 members (excludes halogenated alkanes) is 2. The summed E-state index contributed by atoms with van der Waals surface area (Å²) in [7, 11) is 2.11. The molecule has 0 bridgehead atoms. The second-order valence-electron chi connectivity index (χ2n) is 5.35. The largest absolute Gasteiger partial charge is 0.326 e. The molecule has 1 aromatic carbocycles. The van der Waals surface area contributed by atoms with Gasteiger partial charge in [-0.2, -0.15) is 5.26 Å². The van der Waals surface area contributed by atoms with E-state index in [2.05, 4.69) is 30.3 Å². The van der Waals surface area contributed by atoms with Crippen LogP contribution >= 0.6 is 0 Å². The summed E-state index contributed by atoms with van der Waals surface area (Å²) in [5.74, 6) is 0.0293. The summed E-state index contributed by atoms with van der Waals surface area (Å²) in [6.45, 7) is 4.25. The third-order valence-corrected chi connectivity index (χ3v) is 3.38. The summed E-state index contributed by atoms with van der Waals surface area (Å²) in [6, 6.07) is 8.98. The Morgan fingerprint density at radius 2 is 1.86 bits per heavy atom. The molecule has 21 heavy (non-hydrogen) atoms. The molecule has 0 aliphatic rings. The van der Waals surface area contributed by atoms with Crippen molar-refractivity contribution in [3.05, 3.63) is 29.8 Å². The van der Waals surface area contributed by atoms with E-state index in [-0.39, 0.29) is 5.91 Å². The smallest absolute Gasteiger partial charge is 0.224 e. The summed E-state index contributed by atoms with van der Waals surface area (Å²) in [5, 5.41) is 11.6. The van der Waals surface area contributed by atoms with Crippen molar-refractivity contribution in [1.29, 1.82) is 5.26 Å². The molecule has 0 aliphatic carbocycles. The van der Waals surface area contributed by atoms with E-state index in [4.69, 9.17) is 5.26 Å². The van der Waals surface area contributed by atoms with Gasteiger partial charge in [-0.15, -0.1) is 0 Å². The molecule has 0 aromatic heterocycles. The number of hydrogen-bond donors (Lipinski definition) is 1. The highest BCUT2D eigenvalue weighted by Crippen LogP contribution is 2.09. The Morgan fingerprint density at radius 3 is 2.48 bits per heavy atom. The lowest BCUT2D eigenvalue weighted by Gasteiger charge is -2.15. The second-order valence-corrected chi connectivity index (χ2v) is 5.35. The zero-order chi connectivity index (χ0) is 15.5. The number of carbonyl (C=O) groups is 1. The second kappa shape index (κ2) is 9.95. The minimum atomic E-state index is 0.0293. The zero-order valence-corrected chi connectivity index (χ0v) is 13.1. The number of nitrogens with zero attached hydrogens (tertiary/aromatic N) is 2. The third kappa shape index (κ3) is 7.48. The maximum atomic E-state index is 11.8. The van der Waals surface area contributed by atoms with Gasteiger partial charge in [-0.25, -0.2) is 0 Å². The van der Waals surface area contributed by atoms with Gasteiger partial charge in [0.05, 0.1) is 11.6 Å². The first-order chi connectivity index (χ1) is 10.2. The number of rotatable bonds is 9. The van der Waals surface area contributed by atoms with Crippen molar-refractivity contribution in [3.63, 3.8) is 0 Å². The number of amides is 1. The van der Waals surface area contributed by atoms with Gasteiger partial charge in [0, 0.05) is 12.1 Å². The average molecular weight is 287 g/mol. The Kier molecular flexibility index (Phi) is 8.15. The van der Waals surface area contributed by atoms with Gasteiger partial charge in [0.2, 0.25) is 5.91 Å².